The maximum atomic E-state index is 12.5. The van der Waals surface area contributed by atoms with Crippen LogP contribution >= 0.6 is 0 Å². The van der Waals surface area contributed by atoms with Gasteiger partial charge in [-0.05, 0) is 31.4 Å². The van der Waals surface area contributed by atoms with Crippen LogP contribution < -0.4 is 19.9 Å². The van der Waals surface area contributed by atoms with Crippen molar-refractivity contribution >= 4 is 5.91 Å². The summed E-state index contributed by atoms with van der Waals surface area (Å²) >= 11 is 0. The van der Waals surface area contributed by atoms with Crippen molar-refractivity contribution in [2.45, 2.75) is 213 Å². The van der Waals surface area contributed by atoms with Gasteiger partial charge in [-0.25, -0.2) is 0 Å². The summed E-state index contributed by atoms with van der Waals surface area (Å²) in [6, 6.07) is 3.59. The third kappa shape index (κ3) is 24.3. The first-order valence-corrected chi connectivity index (χ1v) is 21.0. The minimum Gasteiger partial charge on any atom is -0.490 e. The van der Waals surface area contributed by atoms with E-state index in [2.05, 4.69) is 20.8 Å². The van der Waals surface area contributed by atoms with E-state index in [0.717, 1.165) is 32.1 Å². The lowest BCUT2D eigenvalue weighted by Gasteiger charge is -2.19. The van der Waals surface area contributed by atoms with Gasteiger partial charge in [0.2, 0.25) is 5.75 Å². The number of hydrogen-bond donors (Lipinski definition) is 1. The van der Waals surface area contributed by atoms with E-state index in [1.807, 2.05) is 6.07 Å². The normalized spacial score (nSPS) is 11.2. The molecule has 2 N–H and O–H groups in total. The summed E-state index contributed by atoms with van der Waals surface area (Å²) in [4.78, 5) is 12.5. The molecule has 0 radical (unpaired) electrons. The average Bonchev–Trinajstić information content (AvgIpc) is 3.08. The van der Waals surface area contributed by atoms with Gasteiger partial charge in [-0.15, -0.1) is 0 Å². The molecule has 1 aromatic rings. The molecule has 0 saturated heterocycles. The molecule has 0 spiro atoms. The molecule has 0 aliphatic heterocycles. The van der Waals surface area contributed by atoms with Gasteiger partial charge in [-0.3, -0.25) is 4.79 Å². The Hall–Kier alpha value is -1.91. The van der Waals surface area contributed by atoms with Crippen LogP contribution in [0.2, 0.25) is 0 Å². The molecule has 0 saturated carbocycles. The lowest BCUT2D eigenvalue weighted by Crippen LogP contribution is -2.15. The second-order valence-electron chi connectivity index (χ2n) is 14.2. The molecule has 5 heteroatoms. The van der Waals surface area contributed by atoms with Gasteiger partial charge in [0.05, 0.1) is 25.4 Å². The summed E-state index contributed by atoms with van der Waals surface area (Å²) in [6.07, 6.45) is 38.3. The molecule has 280 valence electrons. The number of unbranched alkanes of at least 4 members (excludes halogenated alkanes) is 27. The number of ether oxygens (including phenoxy) is 3. The molecule has 0 aliphatic carbocycles. The summed E-state index contributed by atoms with van der Waals surface area (Å²) in [5.41, 5.74) is 6.20. The minimum absolute atomic E-state index is 0.381. The standard InChI is InChI=1S/C43H79NO4/c1-4-7-10-13-16-19-22-25-28-31-36-46-40-35-34-39(43(44)45)41(47-37-32-29-26-23-20-17-14-11-8-5-2)42(40)48-38-33-30-27-24-21-18-15-12-9-6-3/h34-35H,4-33,36-38H2,1-3H3,(H2,44,45). The topological polar surface area (TPSA) is 70.8 Å². The first-order valence-electron chi connectivity index (χ1n) is 21.0. The molecule has 0 atom stereocenters. The van der Waals surface area contributed by atoms with E-state index in [0.29, 0.717) is 42.6 Å². The Labute approximate surface area is 298 Å². The molecule has 0 unspecified atom stereocenters. The van der Waals surface area contributed by atoms with Crippen LogP contribution in [-0.4, -0.2) is 25.7 Å². The smallest absolute Gasteiger partial charge is 0.252 e. The molecule has 0 heterocycles. The molecule has 0 fully saturated rings. The van der Waals surface area contributed by atoms with Gasteiger partial charge in [0, 0.05) is 0 Å². The van der Waals surface area contributed by atoms with Crippen molar-refractivity contribution < 1.29 is 19.0 Å². The fourth-order valence-electron chi connectivity index (χ4n) is 6.43. The Balaban J connectivity index is 2.62. The van der Waals surface area contributed by atoms with Gasteiger partial charge in [0.15, 0.2) is 11.5 Å². The zero-order chi connectivity index (χ0) is 34.8. The molecule has 1 amide bonds. The summed E-state index contributed by atoms with van der Waals surface area (Å²) in [5, 5.41) is 0. The van der Waals surface area contributed by atoms with Crippen LogP contribution in [0.15, 0.2) is 12.1 Å². The monoisotopic (exact) mass is 674 g/mol. The van der Waals surface area contributed by atoms with E-state index in [1.165, 1.54) is 161 Å². The molecular formula is C43H79NO4. The first-order chi connectivity index (χ1) is 23.7. The molecule has 0 aromatic heterocycles. The summed E-state index contributed by atoms with van der Waals surface area (Å²) < 4.78 is 19.0. The van der Waals surface area contributed by atoms with E-state index < -0.39 is 5.91 Å². The van der Waals surface area contributed by atoms with Crippen LogP contribution in [0.5, 0.6) is 17.2 Å². The fraction of sp³-hybridized carbons (Fsp3) is 0.837. The number of carbonyl (C=O) groups is 1. The Morgan fingerprint density at radius 2 is 0.708 bits per heavy atom. The van der Waals surface area contributed by atoms with Crippen LogP contribution in [-0.2, 0) is 0 Å². The van der Waals surface area contributed by atoms with Crippen molar-refractivity contribution in [1.29, 1.82) is 0 Å². The minimum atomic E-state index is -0.488. The molecule has 1 rings (SSSR count). The van der Waals surface area contributed by atoms with E-state index >= 15 is 0 Å². The first kappa shape index (κ1) is 44.1. The Bertz CT molecular complexity index is 857. The Morgan fingerprint density at radius 1 is 0.417 bits per heavy atom. The lowest BCUT2D eigenvalue weighted by molar-refractivity contribution is 0.0994. The van der Waals surface area contributed by atoms with Crippen LogP contribution in [0.1, 0.15) is 224 Å². The van der Waals surface area contributed by atoms with Gasteiger partial charge >= 0.3 is 0 Å². The fourth-order valence-corrected chi connectivity index (χ4v) is 6.43. The largest absolute Gasteiger partial charge is 0.490 e. The van der Waals surface area contributed by atoms with Crippen molar-refractivity contribution in [3.05, 3.63) is 17.7 Å². The second-order valence-corrected chi connectivity index (χ2v) is 14.2. The summed E-state index contributed by atoms with van der Waals surface area (Å²) in [5.74, 6) is 1.20. The van der Waals surface area contributed by atoms with Gasteiger partial charge in [0.1, 0.15) is 0 Å². The zero-order valence-electron chi connectivity index (χ0n) is 32.2. The van der Waals surface area contributed by atoms with E-state index in [-0.39, 0.29) is 0 Å². The Morgan fingerprint density at radius 3 is 1.04 bits per heavy atom. The van der Waals surface area contributed by atoms with Crippen molar-refractivity contribution in [3.8, 4) is 17.2 Å². The van der Waals surface area contributed by atoms with E-state index in [9.17, 15) is 4.79 Å². The van der Waals surface area contributed by atoms with Crippen molar-refractivity contribution in [2.75, 3.05) is 19.8 Å². The predicted octanol–water partition coefficient (Wildman–Crippen LogP) is 13.7. The highest BCUT2D eigenvalue weighted by atomic mass is 16.5. The van der Waals surface area contributed by atoms with Gasteiger partial charge in [-0.1, -0.05) is 194 Å². The van der Waals surface area contributed by atoms with Crippen LogP contribution in [0, 0.1) is 0 Å². The number of rotatable bonds is 37. The zero-order valence-corrected chi connectivity index (χ0v) is 32.2. The summed E-state index contributed by atoms with van der Waals surface area (Å²) in [7, 11) is 0. The number of benzene rings is 1. The predicted molar refractivity (Wildman–Crippen MR) is 207 cm³/mol. The highest BCUT2D eigenvalue weighted by molar-refractivity contribution is 5.97. The molecule has 48 heavy (non-hydrogen) atoms. The molecule has 5 nitrogen and oxygen atoms in total. The molecule has 0 bridgehead atoms. The summed E-state index contributed by atoms with van der Waals surface area (Å²) in [6.45, 7) is 8.59. The van der Waals surface area contributed by atoms with Crippen molar-refractivity contribution in [2.24, 2.45) is 5.73 Å². The van der Waals surface area contributed by atoms with E-state index in [4.69, 9.17) is 19.9 Å². The molecule has 0 aliphatic rings. The second kappa shape index (κ2) is 33.6. The third-order valence-corrected chi connectivity index (χ3v) is 9.59. The number of hydrogen-bond acceptors (Lipinski definition) is 4. The number of amides is 1. The number of nitrogens with two attached hydrogens (primary N) is 1. The maximum absolute atomic E-state index is 12.5. The van der Waals surface area contributed by atoms with Crippen LogP contribution in [0.4, 0.5) is 0 Å². The maximum Gasteiger partial charge on any atom is 0.252 e. The van der Waals surface area contributed by atoms with Crippen LogP contribution in [0.3, 0.4) is 0 Å². The quantitative estimate of drug-likeness (QED) is 0.0714. The Kier molecular flexibility index (Phi) is 30.9. The molecular weight excluding hydrogens is 594 g/mol. The average molecular weight is 674 g/mol. The third-order valence-electron chi connectivity index (χ3n) is 9.59. The highest BCUT2D eigenvalue weighted by Crippen LogP contribution is 2.41. The van der Waals surface area contributed by atoms with Gasteiger partial charge < -0.3 is 19.9 Å². The molecule has 1 aromatic carbocycles. The van der Waals surface area contributed by atoms with Crippen molar-refractivity contribution in [1.82, 2.24) is 0 Å². The van der Waals surface area contributed by atoms with Crippen molar-refractivity contribution in [3.63, 3.8) is 0 Å². The van der Waals surface area contributed by atoms with Gasteiger partial charge in [-0.2, -0.15) is 0 Å². The highest BCUT2D eigenvalue weighted by Gasteiger charge is 2.21. The van der Waals surface area contributed by atoms with Gasteiger partial charge in [0.25, 0.3) is 5.91 Å². The SMILES string of the molecule is CCCCCCCCCCCCOc1ccc(C(N)=O)c(OCCCCCCCCCCCC)c1OCCCCCCCCCCCC. The lowest BCUT2D eigenvalue weighted by atomic mass is 10.1. The number of primary amides is 1. The van der Waals surface area contributed by atoms with E-state index in [1.54, 1.807) is 6.07 Å². The van der Waals surface area contributed by atoms with Crippen LogP contribution in [0.25, 0.3) is 0 Å². The number of carbonyl (C=O) groups excluding carboxylic acids is 1.